The summed E-state index contributed by atoms with van der Waals surface area (Å²) in [5, 5.41) is 5.09. The fourth-order valence-electron chi connectivity index (χ4n) is 4.77. The summed E-state index contributed by atoms with van der Waals surface area (Å²) in [5.74, 6) is 2.39. The van der Waals surface area contributed by atoms with Crippen LogP contribution in [0.3, 0.4) is 0 Å². The highest BCUT2D eigenvalue weighted by atomic mass is 79.9. The minimum Gasteiger partial charge on any atom is -0.493 e. The molecule has 1 aliphatic rings. The molecule has 0 aliphatic carbocycles. The number of carbonyl (C=O) groups is 1. The molecule has 0 aromatic heterocycles. The number of carbonyl (C=O) groups excluding carboxylic acids is 1. The van der Waals surface area contributed by atoms with E-state index in [0.29, 0.717) is 23.9 Å². The van der Waals surface area contributed by atoms with E-state index < -0.39 is 0 Å². The molecule has 0 radical (unpaired) electrons. The highest BCUT2D eigenvalue weighted by molar-refractivity contribution is 8.93. The Bertz CT molecular complexity index is 1040. The number of amides is 1. The van der Waals surface area contributed by atoms with Crippen molar-refractivity contribution in [2.75, 3.05) is 31.5 Å². The minimum absolute atomic E-state index is 0. The first-order valence-corrected chi connectivity index (χ1v) is 16.1. The molecule has 0 fully saturated rings. The van der Waals surface area contributed by atoms with E-state index in [1.165, 1.54) is 64.2 Å². The van der Waals surface area contributed by atoms with Crippen LogP contribution in [0, 0.1) is 0 Å². The van der Waals surface area contributed by atoms with E-state index in [0.717, 1.165) is 36.5 Å². The highest BCUT2D eigenvalue weighted by Crippen LogP contribution is 2.37. The number of methoxy groups -OCH3 is 1. The Morgan fingerprint density at radius 3 is 2.17 bits per heavy atom. The SMILES string of the molecule is Br.CCCCCCCCCCCCCCOc1c(OC)cccc1OCC(=O)Nc1ccccc1CN1C=CSC1. The molecule has 1 N–H and O–H groups in total. The third-order valence-corrected chi connectivity index (χ3v) is 7.83. The van der Waals surface area contributed by atoms with Crippen LogP contribution in [0.25, 0.3) is 0 Å². The number of ether oxygens (including phenoxy) is 3. The van der Waals surface area contributed by atoms with Gasteiger partial charge in [-0.2, -0.15) is 0 Å². The van der Waals surface area contributed by atoms with Crippen LogP contribution < -0.4 is 19.5 Å². The minimum atomic E-state index is -0.214. The molecule has 0 atom stereocenters. The largest absolute Gasteiger partial charge is 0.493 e. The maximum atomic E-state index is 12.8. The van der Waals surface area contributed by atoms with Crippen LogP contribution in [0.1, 0.15) is 89.5 Å². The lowest BCUT2D eigenvalue weighted by Gasteiger charge is -2.18. The molecule has 2 aromatic rings. The molecular formula is C33H49BrN2O4S. The van der Waals surface area contributed by atoms with Crippen LogP contribution in [-0.4, -0.2) is 37.0 Å². The summed E-state index contributed by atoms with van der Waals surface area (Å²) in [7, 11) is 1.62. The van der Waals surface area contributed by atoms with Crippen molar-refractivity contribution in [2.45, 2.75) is 90.5 Å². The number of hydrogen-bond acceptors (Lipinski definition) is 6. The van der Waals surface area contributed by atoms with Crippen LogP contribution in [-0.2, 0) is 11.3 Å². The Labute approximate surface area is 262 Å². The number of nitrogens with zero attached hydrogens (tertiary/aromatic N) is 1. The number of hydrogen-bond donors (Lipinski definition) is 1. The number of para-hydroxylation sites is 2. The third-order valence-electron chi connectivity index (χ3n) is 7.04. The van der Waals surface area contributed by atoms with Gasteiger partial charge >= 0.3 is 0 Å². The predicted molar refractivity (Wildman–Crippen MR) is 178 cm³/mol. The summed E-state index contributed by atoms with van der Waals surface area (Å²) >= 11 is 1.76. The van der Waals surface area contributed by atoms with E-state index >= 15 is 0 Å². The Morgan fingerprint density at radius 2 is 1.51 bits per heavy atom. The predicted octanol–water partition coefficient (Wildman–Crippen LogP) is 9.35. The molecule has 0 unspecified atom stereocenters. The Kier molecular flexibility index (Phi) is 18.2. The average Bonchev–Trinajstić information content (AvgIpc) is 3.49. The second-order valence-electron chi connectivity index (χ2n) is 10.3. The lowest BCUT2D eigenvalue weighted by Crippen LogP contribution is -2.22. The van der Waals surface area contributed by atoms with Crippen molar-refractivity contribution in [1.29, 1.82) is 0 Å². The van der Waals surface area contributed by atoms with Crippen LogP contribution in [0.5, 0.6) is 17.2 Å². The normalized spacial score (nSPS) is 12.2. The van der Waals surface area contributed by atoms with E-state index in [1.807, 2.05) is 42.5 Å². The Hall–Kier alpha value is -2.32. The van der Waals surface area contributed by atoms with Crippen LogP contribution >= 0.6 is 28.7 Å². The summed E-state index contributed by atoms with van der Waals surface area (Å²) in [5.41, 5.74) is 1.87. The second-order valence-corrected chi connectivity index (χ2v) is 11.2. The monoisotopic (exact) mass is 648 g/mol. The van der Waals surface area contributed by atoms with Crippen LogP contribution in [0.2, 0.25) is 0 Å². The van der Waals surface area contributed by atoms with E-state index in [2.05, 4.69) is 28.7 Å². The van der Waals surface area contributed by atoms with Gasteiger partial charge in [0.05, 0.1) is 19.6 Å². The van der Waals surface area contributed by atoms with Crippen LogP contribution in [0.4, 0.5) is 5.69 Å². The fourth-order valence-corrected chi connectivity index (χ4v) is 5.48. The second kappa shape index (κ2) is 21.4. The molecule has 3 rings (SSSR count). The fraction of sp³-hybridized carbons (Fsp3) is 0.545. The number of benzene rings is 2. The molecule has 41 heavy (non-hydrogen) atoms. The third kappa shape index (κ3) is 13.5. The van der Waals surface area contributed by atoms with E-state index in [9.17, 15) is 4.79 Å². The lowest BCUT2D eigenvalue weighted by molar-refractivity contribution is -0.118. The molecule has 0 spiro atoms. The van der Waals surface area contributed by atoms with Crippen LogP contribution in [0.15, 0.2) is 54.1 Å². The summed E-state index contributed by atoms with van der Waals surface area (Å²) in [6.45, 7) is 3.49. The number of rotatable bonds is 21. The molecule has 228 valence electrons. The van der Waals surface area contributed by atoms with E-state index in [1.54, 1.807) is 18.9 Å². The van der Waals surface area contributed by atoms with E-state index in [-0.39, 0.29) is 29.5 Å². The van der Waals surface area contributed by atoms with E-state index in [4.69, 9.17) is 14.2 Å². The van der Waals surface area contributed by atoms with Gasteiger partial charge in [0, 0.05) is 18.4 Å². The molecule has 0 bridgehead atoms. The summed E-state index contributed by atoms with van der Waals surface area (Å²) in [6.07, 6.45) is 17.7. The highest BCUT2D eigenvalue weighted by Gasteiger charge is 2.15. The lowest BCUT2D eigenvalue weighted by atomic mass is 10.1. The molecule has 1 amide bonds. The molecule has 0 saturated heterocycles. The smallest absolute Gasteiger partial charge is 0.262 e. The average molecular weight is 650 g/mol. The van der Waals surface area contributed by atoms with Crippen molar-refractivity contribution in [2.24, 2.45) is 0 Å². The van der Waals surface area contributed by atoms with Crippen molar-refractivity contribution in [3.63, 3.8) is 0 Å². The molecule has 6 nitrogen and oxygen atoms in total. The maximum absolute atomic E-state index is 12.8. The number of halogens is 1. The summed E-state index contributed by atoms with van der Waals surface area (Å²) in [4.78, 5) is 15.0. The van der Waals surface area contributed by atoms with Gasteiger partial charge in [0.2, 0.25) is 5.75 Å². The number of thioether (sulfide) groups is 1. The topological polar surface area (TPSA) is 60.0 Å². The molecular weight excluding hydrogens is 600 g/mol. The van der Waals surface area contributed by atoms with Gasteiger partial charge in [-0.05, 0) is 35.6 Å². The van der Waals surface area contributed by atoms with Crippen molar-refractivity contribution in [3.8, 4) is 17.2 Å². The van der Waals surface area contributed by atoms with Crippen molar-refractivity contribution in [3.05, 3.63) is 59.6 Å². The first-order valence-electron chi connectivity index (χ1n) is 15.0. The molecule has 2 aromatic carbocycles. The Balaban J connectivity index is 0.00000588. The molecule has 1 heterocycles. The summed E-state index contributed by atoms with van der Waals surface area (Å²) < 4.78 is 17.5. The van der Waals surface area contributed by atoms with Gasteiger partial charge in [0.15, 0.2) is 18.1 Å². The number of unbranched alkanes of at least 4 members (excludes halogenated alkanes) is 11. The van der Waals surface area contributed by atoms with Crippen molar-refractivity contribution >= 4 is 40.3 Å². The first kappa shape index (κ1) is 34.9. The zero-order valence-corrected chi connectivity index (χ0v) is 27.4. The van der Waals surface area contributed by atoms with Gasteiger partial charge in [-0.15, -0.1) is 28.7 Å². The number of anilines is 1. The first-order chi connectivity index (χ1) is 19.7. The Morgan fingerprint density at radius 1 is 0.854 bits per heavy atom. The number of nitrogens with one attached hydrogen (secondary N) is 1. The van der Waals surface area contributed by atoms with Gasteiger partial charge in [0.1, 0.15) is 0 Å². The van der Waals surface area contributed by atoms with Gasteiger partial charge < -0.3 is 24.4 Å². The van der Waals surface area contributed by atoms with Gasteiger partial charge in [-0.3, -0.25) is 4.79 Å². The zero-order chi connectivity index (χ0) is 28.3. The van der Waals surface area contributed by atoms with Gasteiger partial charge in [-0.25, -0.2) is 0 Å². The van der Waals surface area contributed by atoms with Gasteiger partial charge in [0.25, 0.3) is 5.91 Å². The van der Waals surface area contributed by atoms with Gasteiger partial charge in [-0.1, -0.05) is 102 Å². The molecule has 0 saturated carbocycles. The quantitative estimate of drug-likeness (QED) is 0.136. The molecule has 1 aliphatic heterocycles. The standard InChI is InChI=1S/C33H48N2O4S.BrH/c1-3-4-5-6-7-8-9-10-11-12-13-16-23-38-33-30(37-2)20-17-21-31(33)39-26-32(36)34-29-19-15-14-18-28(29)25-35-22-24-40-27-35;/h14-15,17-22,24H,3-13,16,23,25-27H2,1-2H3,(H,34,36);1H. The molecule has 8 heteroatoms. The van der Waals surface area contributed by atoms with Crippen molar-refractivity contribution in [1.82, 2.24) is 4.90 Å². The summed E-state index contributed by atoms with van der Waals surface area (Å²) in [6, 6.07) is 13.4. The maximum Gasteiger partial charge on any atom is 0.262 e. The zero-order valence-electron chi connectivity index (χ0n) is 24.9. The van der Waals surface area contributed by atoms with Crippen molar-refractivity contribution < 1.29 is 19.0 Å².